The maximum Gasteiger partial charge on any atom is 0.258 e. The van der Waals surface area contributed by atoms with E-state index in [4.69, 9.17) is 42.1 Å². The van der Waals surface area contributed by atoms with Gasteiger partial charge in [-0.15, -0.1) is 5.11 Å². The molecule has 11 heteroatoms. The molecule has 35 heavy (non-hydrogen) atoms. The number of carbonyl (C=O) groups excluding carboxylic acids is 2. The number of azo groups is 1. The predicted octanol–water partition coefficient (Wildman–Crippen LogP) is 6.27. The van der Waals surface area contributed by atoms with Crippen LogP contribution in [-0.4, -0.2) is 44.2 Å². The molecule has 0 saturated carbocycles. The molecule has 1 amide bonds. The Morgan fingerprint density at radius 2 is 1.43 bits per heavy atom. The van der Waals surface area contributed by atoms with Crippen molar-refractivity contribution in [1.82, 2.24) is 0 Å². The maximum atomic E-state index is 13.0. The second-order valence-corrected chi connectivity index (χ2v) is 7.77. The lowest BCUT2D eigenvalue weighted by Crippen LogP contribution is -2.32. The van der Waals surface area contributed by atoms with Gasteiger partial charge in [0.2, 0.25) is 6.04 Å². The van der Waals surface area contributed by atoms with E-state index in [1.807, 2.05) is 20.8 Å². The number of hydrogen-bond donors (Lipinski definition) is 1. The third-order valence-corrected chi connectivity index (χ3v) is 5.05. The van der Waals surface area contributed by atoms with Crippen LogP contribution in [0.3, 0.4) is 0 Å². The first-order chi connectivity index (χ1) is 16.8. The number of halogens is 2. The molecule has 1 unspecified atom stereocenters. The summed E-state index contributed by atoms with van der Waals surface area (Å²) in [7, 11) is 0. The first-order valence-electron chi connectivity index (χ1n) is 11.2. The highest BCUT2D eigenvalue weighted by Crippen LogP contribution is 2.43. The van der Waals surface area contributed by atoms with E-state index in [-0.39, 0.29) is 27.2 Å². The lowest BCUT2D eigenvalue weighted by molar-refractivity contribution is -0.126. The highest BCUT2D eigenvalue weighted by atomic mass is 35.5. The minimum absolute atomic E-state index is 0.149. The minimum Gasteiger partial charge on any atom is -0.490 e. The third kappa shape index (κ3) is 7.47. The number of Topliss-reactive ketones (excluding diaryl/α,β-unsaturated/α-hetero) is 1. The monoisotopic (exact) mass is 525 g/mol. The van der Waals surface area contributed by atoms with E-state index < -0.39 is 17.7 Å². The number of nitrogens with one attached hydrogen (secondary N) is 1. The lowest BCUT2D eigenvalue weighted by Gasteiger charge is -2.16. The molecule has 0 heterocycles. The zero-order chi connectivity index (χ0) is 26.0. The lowest BCUT2D eigenvalue weighted by atomic mass is 10.2. The molecule has 0 bridgehead atoms. The van der Waals surface area contributed by atoms with Crippen molar-refractivity contribution in [3.63, 3.8) is 0 Å². The molecular formula is C24H29Cl2N3O6. The average Bonchev–Trinajstić information content (AvgIpc) is 2.80. The van der Waals surface area contributed by atoms with Gasteiger partial charge in [0.15, 0.2) is 28.8 Å². The Balaban J connectivity index is 2.38. The molecule has 190 valence electrons. The molecule has 0 aliphatic heterocycles. The molecule has 2 aromatic rings. The number of anilines is 1. The third-order valence-electron chi connectivity index (χ3n) is 4.43. The molecule has 0 aliphatic rings. The number of ketones is 1. The SMILES string of the molecule is CCOc1cc(Cl)c(NC(=O)C(N=Nc2c(Cl)ccc(OCC)c2OCC)C(C)=O)cc1OCC. The number of carbonyl (C=O) groups is 2. The molecule has 0 saturated heterocycles. The van der Waals surface area contributed by atoms with E-state index in [1.165, 1.54) is 19.1 Å². The zero-order valence-corrected chi connectivity index (χ0v) is 21.8. The van der Waals surface area contributed by atoms with Gasteiger partial charge in [0, 0.05) is 12.1 Å². The topological polar surface area (TPSA) is 108 Å². The Morgan fingerprint density at radius 1 is 0.857 bits per heavy atom. The highest BCUT2D eigenvalue weighted by Gasteiger charge is 2.25. The summed E-state index contributed by atoms with van der Waals surface area (Å²) >= 11 is 12.6. The van der Waals surface area contributed by atoms with E-state index in [0.29, 0.717) is 43.7 Å². The first kappa shape index (κ1) is 28.2. The van der Waals surface area contributed by atoms with Crippen molar-refractivity contribution < 1.29 is 28.5 Å². The van der Waals surface area contributed by atoms with Gasteiger partial charge in [-0.05, 0) is 46.8 Å². The first-order valence-corrected chi connectivity index (χ1v) is 11.9. The van der Waals surface area contributed by atoms with Gasteiger partial charge < -0.3 is 24.3 Å². The van der Waals surface area contributed by atoms with Gasteiger partial charge in [-0.25, -0.2) is 0 Å². The van der Waals surface area contributed by atoms with E-state index in [1.54, 1.807) is 19.1 Å². The molecule has 9 nitrogen and oxygen atoms in total. The van der Waals surface area contributed by atoms with Crippen molar-refractivity contribution in [1.29, 1.82) is 0 Å². The molecule has 0 radical (unpaired) electrons. The van der Waals surface area contributed by atoms with Crippen LogP contribution in [0.25, 0.3) is 0 Å². The average molecular weight is 526 g/mol. The van der Waals surface area contributed by atoms with Gasteiger partial charge >= 0.3 is 0 Å². The van der Waals surface area contributed by atoms with Crippen LogP contribution in [0, 0.1) is 0 Å². The molecular weight excluding hydrogens is 497 g/mol. The summed E-state index contributed by atoms with van der Waals surface area (Å²) < 4.78 is 22.3. The quantitative estimate of drug-likeness (QED) is 0.244. The van der Waals surface area contributed by atoms with Gasteiger partial charge in [-0.2, -0.15) is 5.11 Å². The van der Waals surface area contributed by atoms with Crippen LogP contribution in [0.4, 0.5) is 11.4 Å². The van der Waals surface area contributed by atoms with Crippen LogP contribution in [0.2, 0.25) is 10.0 Å². The van der Waals surface area contributed by atoms with Crippen molar-refractivity contribution in [3.05, 3.63) is 34.3 Å². The molecule has 0 aliphatic carbocycles. The molecule has 0 aromatic heterocycles. The molecule has 0 spiro atoms. The normalized spacial score (nSPS) is 11.7. The summed E-state index contributed by atoms with van der Waals surface area (Å²) in [6.45, 7) is 9.99. The number of benzene rings is 2. The van der Waals surface area contributed by atoms with Crippen molar-refractivity contribution in [2.24, 2.45) is 10.2 Å². The number of rotatable bonds is 13. The van der Waals surface area contributed by atoms with E-state index >= 15 is 0 Å². The summed E-state index contributed by atoms with van der Waals surface area (Å²) in [5, 5.41) is 11.1. The van der Waals surface area contributed by atoms with Crippen molar-refractivity contribution >= 4 is 46.3 Å². The second-order valence-electron chi connectivity index (χ2n) is 6.95. The van der Waals surface area contributed by atoms with Gasteiger partial charge in [0.1, 0.15) is 5.69 Å². The number of amides is 1. The van der Waals surface area contributed by atoms with Crippen LogP contribution in [0.5, 0.6) is 23.0 Å². The number of ether oxygens (including phenoxy) is 4. The van der Waals surface area contributed by atoms with Gasteiger partial charge in [-0.1, -0.05) is 23.2 Å². The van der Waals surface area contributed by atoms with Crippen LogP contribution < -0.4 is 24.3 Å². The summed E-state index contributed by atoms with van der Waals surface area (Å²) in [6.07, 6.45) is 0. The summed E-state index contributed by atoms with van der Waals surface area (Å²) in [4.78, 5) is 25.2. The maximum absolute atomic E-state index is 13.0. The predicted molar refractivity (Wildman–Crippen MR) is 135 cm³/mol. The highest BCUT2D eigenvalue weighted by molar-refractivity contribution is 6.34. The van der Waals surface area contributed by atoms with Crippen LogP contribution in [-0.2, 0) is 9.59 Å². The van der Waals surface area contributed by atoms with Crippen LogP contribution in [0.15, 0.2) is 34.5 Å². The smallest absolute Gasteiger partial charge is 0.258 e. The Morgan fingerprint density at radius 3 is 2.00 bits per heavy atom. The fraction of sp³-hybridized carbons (Fsp3) is 0.417. The number of nitrogens with zero attached hydrogens (tertiary/aromatic N) is 2. The molecule has 2 rings (SSSR count). The Bertz CT molecular complexity index is 1080. The fourth-order valence-corrected chi connectivity index (χ4v) is 3.36. The van der Waals surface area contributed by atoms with Crippen LogP contribution in [0.1, 0.15) is 34.6 Å². The second kappa shape index (κ2) is 13.7. The number of hydrogen-bond acceptors (Lipinski definition) is 8. The summed E-state index contributed by atoms with van der Waals surface area (Å²) in [5.41, 5.74) is 0.382. The standard InChI is InChI=1S/C24H29Cl2N3O6/c1-6-32-18-11-10-15(25)22(23(18)35-9-4)29-28-21(14(5)30)24(31)27-17-13-20(34-8-3)19(33-7-2)12-16(17)26/h10-13,21H,6-9H2,1-5H3,(H,27,31). The van der Waals surface area contributed by atoms with E-state index in [9.17, 15) is 9.59 Å². The largest absolute Gasteiger partial charge is 0.490 e. The molecule has 2 aromatic carbocycles. The summed E-state index contributed by atoms with van der Waals surface area (Å²) in [5.74, 6) is 0.256. The zero-order valence-electron chi connectivity index (χ0n) is 20.3. The Labute approximate surface area is 214 Å². The fourth-order valence-electron chi connectivity index (χ4n) is 2.98. The Kier molecular flexibility index (Phi) is 11.1. The van der Waals surface area contributed by atoms with Crippen molar-refractivity contribution in [2.45, 2.75) is 40.7 Å². The van der Waals surface area contributed by atoms with Gasteiger partial charge in [0.05, 0.1) is 42.2 Å². The van der Waals surface area contributed by atoms with E-state index in [2.05, 4.69) is 15.5 Å². The van der Waals surface area contributed by atoms with Gasteiger partial charge in [-0.3, -0.25) is 9.59 Å². The van der Waals surface area contributed by atoms with Crippen molar-refractivity contribution in [3.8, 4) is 23.0 Å². The van der Waals surface area contributed by atoms with Gasteiger partial charge in [0.25, 0.3) is 5.91 Å². The minimum atomic E-state index is -1.46. The molecule has 0 fully saturated rings. The van der Waals surface area contributed by atoms with Crippen LogP contribution >= 0.6 is 23.2 Å². The Hall–Kier alpha value is -3.04. The van der Waals surface area contributed by atoms with E-state index in [0.717, 1.165) is 0 Å². The van der Waals surface area contributed by atoms with Crippen molar-refractivity contribution in [2.75, 3.05) is 31.7 Å². The summed E-state index contributed by atoms with van der Waals surface area (Å²) in [6, 6.07) is 4.81. The molecule has 1 N–H and O–H groups in total. The molecule has 1 atom stereocenters.